The molecule has 0 radical (unpaired) electrons. The van der Waals surface area contributed by atoms with Crippen molar-refractivity contribution in [2.75, 3.05) is 25.0 Å². The first kappa shape index (κ1) is 16.5. The average Bonchev–Trinajstić information content (AvgIpc) is 2.50. The number of carbonyl (C=O) groups is 1. The molecule has 1 aliphatic heterocycles. The Morgan fingerprint density at radius 1 is 1.48 bits per heavy atom. The van der Waals surface area contributed by atoms with E-state index in [1.165, 1.54) is 6.42 Å². The summed E-state index contributed by atoms with van der Waals surface area (Å²) in [6.45, 7) is 4.23. The zero-order valence-corrected chi connectivity index (χ0v) is 14.1. The first-order chi connectivity index (χ1) is 10.1. The molecule has 1 heterocycles. The minimum Gasteiger partial charge on any atom is -0.329 e. The molecule has 1 aliphatic rings. The molecule has 1 saturated heterocycles. The molecule has 0 aromatic heterocycles. The highest BCUT2D eigenvalue weighted by Crippen LogP contribution is 2.25. The predicted molar refractivity (Wildman–Crippen MR) is 90.2 cm³/mol. The number of piperidine rings is 1. The Bertz CT molecular complexity index is 480. The molecule has 0 spiro atoms. The summed E-state index contributed by atoms with van der Waals surface area (Å²) < 4.78 is 0.901. The molecule has 1 fully saturated rings. The van der Waals surface area contributed by atoms with Crippen LogP contribution in [0.2, 0.25) is 0 Å². The number of likely N-dealkylation sites (tertiary alicyclic amines) is 1. The lowest BCUT2D eigenvalue weighted by molar-refractivity contribution is -0.118. The van der Waals surface area contributed by atoms with E-state index in [1.807, 2.05) is 24.3 Å². The van der Waals surface area contributed by atoms with E-state index in [0.717, 1.165) is 35.5 Å². The summed E-state index contributed by atoms with van der Waals surface area (Å²) in [6, 6.07) is 7.99. The van der Waals surface area contributed by atoms with Crippen molar-refractivity contribution in [2.45, 2.75) is 32.2 Å². The van der Waals surface area contributed by atoms with Gasteiger partial charge in [0.25, 0.3) is 0 Å². The molecule has 21 heavy (non-hydrogen) atoms. The Labute approximate surface area is 135 Å². The van der Waals surface area contributed by atoms with Crippen LogP contribution in [0.15, 0.2) is 28.7 Å². The van der Waals surface area contributed by atoms with E-state index in [0.29, 0.717) is 19.1 Å². The second-order valence-corrected chi connectivity index (χ2v) is 6.54. The zero-order valence-electron chi connectivity index (χ0n) is 12.5. The molecule has 116 valence electrons. The van der Waals surface area contributed by atoms with E-state index >= 15 is 0 Å². The maximum atomic E-state index is 12.2. The highest BCUT2D eigenvalue weighted by atomic mass is 79.9. The molecule has 0 saturated carbocycles. The zero-order chi connectivity index (χ0) is 15.2. The van der Waals surface area contributed by atoms with Crippen molar-refractivity contribution >= 4 is 27.5 Å². The summed E-state index contributed by atoms with van der Waals surface area (Å²) >= 11 is 3.44. The van der Waals surface area contributed by atoms with Gasteiger partial charge in [-0.05, 0) is 53.4 Å². The summed E-state index contributed by atoms with van der Waals surface area (Å²) in [6.07, 6.45) is 3.47. The summed E-state index contributed by atoms with van der Waals surface area (Å²) in [5, 5.41) is 2.96. The minimum absolute atomic E-state index is 0.0234. The number of hydrogen-bond acceptors (Lipinski definition) is 3. The topological polar surface area (TPSA) is 58.4 Å². The van der Waals surface area contributed by atoms with Crippen LogP contribution in [0.4, 0.5) is 5.69 Å². The molecule has 5 heteroatoms. The SMILES string of the molecule is CCC1CCN(CC(=O)Nc2ccccc2Br)C(CN)C1. The van der Waals surface area contributed by atoms with Gasteiger partial charge < -0.3 is 11.1 Å². The largest absolute Gasteiger partial charge is 0.329 e. The van der Waals surface area contributed by atoms with Gasteiger partial charge in [-0.15, -0.1) is 0 Å². The molecular formula is C16H24BrN3O. The van der Waals surface area contributed by atoms with Gasteiger partial charge in [0.2, 0.25) is 5.91 Å². The van der Waals surface area contributed by atoms with Crippen LogP contribution in [-0.2, 0) is 4.79 Å². The number of amides is 1. The van der Waals surface area contributed by atoms with Crippen LogP contribution in [0, 0.1) is 5.92 Å². The van der Waals surface area contributed by atoms with Gasteiger partial charge >= 0.3 is 0 Å². The second kappa shape index (κ2) is 7.92. The molecule has 4 nitrogen and oxygen atoms in total. The smallest absolute Gasteiger partial charge is 0.238 e. The van der Waals surface area contributed by atoms with E-state index in [1.54, 1.807) is 0 Å². The molecule has 3 N–H and O–H groups in total. The summed E-state index contributed by atoms with van der Waals surface area (Å²) in [5.41, 5.74) is 6.70. The van der Waals surface area contributed by atoms with Gasteiger partial charge in [0.1, 0.15) is 0 Å². The molecular weight excluding hydrogens is 330 g/mol. The molecule has 1 aromatic rings. The maximum absolute atomic E-state index is 12.2. The van der Waals surface area contributed by atoms with Crippen molar-refractivity contribution in [1.82, 2.24) is 4.90 Å². The lowest BCUT2D eigenvalue weighted by Gasteiger charge is -2.38. The fourth-order valence-corrected chi connectivity index (χ4v) is 3.33. The van der Waals surface area contributed by atoms with Crippen LogP contribution in [0.3, 0.4) is 0 Å². The number of para-hydroxylation sites is 1. The lowest BCUT2D eigenvalue weighted by Crippen LogP contribution is -2.49. The lowest BCUT2D eigenvalue weighted by atomic mass is 9.89. The third kappa shape index (κ3) is 4.53. The van der Waals surface area contributed by atoms with Crippen LogP contribution in [0.5, 0.6) is 0 Å². The van der Waals surface area contributed by atoms with Gasteiger partial charge in [-0.1, -0.05) is 25.5 Å². The Kier molecular flexibility index (Phi) is 6.21. The van der Waals surface area contributed by atoms with Crippen molar-refractivity contribution in [3.05, 3.63) is 28.7 Å². The van der Waals surface area contributed by atoms with Gasteiger partial charge in [0.05, 0.1) is 12.2 Å². The van der Waals surface area contributed by atoms with Crippen molar-refractivity contribution in [3.8, 4) is 0 Å². The van der Waals surface area contributed by atoms with Crippen molar-refractivity contribution in [3.63, 3.8) is 0 Å². The van der Waals surface area contributed by atoms with Gasteiger partial charge in [-0.3, -0.25) is 9.69 Å². The third-order valence-corrected chi connectivity index (χ3v) is 4.98. The molecule has 0 aliphatic carbocycles. The summed E-state index contributed by atoms with van der Waals surface area (Å²) in [5.74, 6) is 0.774. The first-order valence-electron chi connectivity index (χ1n) is 7.62. The molecule has 2 atom stereocenters. The molecule has 0 bridgehead atoms. The Balaban J connectivity index is 1.91. The van der Waals surface area contributed by atoms with Crippen molar-refractivity contribution in [2.24, 2.45) is 11.7 Å². The normalized spacial score (nSPS) is 23.0. The van der Waals surface area contributed by atoms with Crippen LogP contribution in [-0.4, -0.2) is 36.5 Å². The van der Waals surface area contributed by atoms with E-state index < -0.39 is 0 Å². The standard InChI is InChI=1S/C16H24BrN3O/c1-2-12-7-8-20(13(9-12)10-18)11-16(21)19-15-6-4-3-5-14(15)17/h3-6,12-13H,2,7-11,18H2,1H3,(H,19,21). The summed E-state index contributed by atoms with van der Waals surface area (Å²) in [7, 11) is 0. The van der Waals surface area contributed by atoms with Crippen molar-refractivity contribution in [1.29, 1.82) is 0 Å². The van der Waals surface area contributed by atoms with Crippen LogP contribution in [0.25, 0.3) is 0 Å². The van der Waals surface area contributed by atoms with Gasteiger partial charge in [0, 0.05) is 17.1 Å². The van der Waals surface area contributed by atoms with Gasteiger partial charge in [-0.25, -0.2) is 0 Å². The number of nitrogens with zero attached hydrogens (tertiary/aromatic N) is 1. The summed E-state index contributed by atoms with van der Waals surface area (Å²) in [4.78, 5) is 14.5. The number of nitrogens with one attached hydrogen (secondary N) is 1. The highest BCUT2D eigenvalue weighted by Gasteiger charge is 2.27. The van der Waals surface area contributed by atoms with E-state index in [4.69, 9.17) is 5.73 Å². The number of hydrogen-bond donors (Lipinski definition) is 2. The highest BCUT2D eigenvalue weighted by molar-refractivity contribution is 9.10. The second-order valence-electron chi connectivity index (χ2n) is 5.69. The Hall–Kier alpha value is -0.910. The number of rotatable bonds is 5. The fraction of sp³-hybridized carbons (Fsp3) is 0.562. The monoisotopic (exact) mass is 353 g/mol. The van der Waals surface area contributed by atoms with Gasteiger partial charge in [0.15, 0.2) is 0 Å². The van der Waals surface area contributed by atoms with Crippen LogP contribution < -0.4 is 11.1 Å². The average molecular weight is 354 g/mol. The Morgan fingerprint density at radius 2 is 2.24 bits per heavy atom. The Morgan fingerprint density at radius 3 is 2.90 bits per heavy atom. The van der Waals surface area contributed by atoms with E-state index in [9.17, 15) is 4.79 Å². The minimum atomic E-state index is 0.0234. The quantitative estimate of drug-likeness (QED) is 0.855. The van der Waals surface area contributed by atoms with Crippen molar-refractivity contribution < 1.29 is 4.79 Å². The fourth-order valence-electron chi connectivity index (χ4n) is 2.94. The predicted octanol–water partition coefficient (Wildman–Crippen LogP) is 2.84. The molecule has 2 rings (SSSR count). The maximum Gasteiger partial charge on any atom is 0.238 e. The van der Waals surface area contributed by atoms with Crippen LogP contribution in [0.1, 0.15) is 26.2 Å². The molecule has 1 amide bonds. The van der Waals surface area contributed by atoms with Crippen LogP contribution >= 0.6 is 15.9 Å². The number of carbonyl (C=O) groups excluding carboxylic acids is 1. The number of halogens is 1. The van der Waals surface area contributed by atoms with E-state index in [-0.39, 0.29) is 5.91 Å². The third-order valence-electron chi connectivity index (χ3n) is 4.29. The van der Waals surface area contributed by atoms with Gasteiger partial charge in [-0.2, -0.15) is 0 Å². The number of nitrogens with two attached hydrogens (primary N) is 1. The first-order valence-corrected chi connectivity index (χ1v) is 8.41. The molecule has 2 unspecified atom stereocenters. The number of anilines is 1. The number of benzene rings is 1. The molecule has 1 aromatic carbocycles. The van der Waals surface area contributed by atoms with E-state index in [2.05, 4.69) is 33.1 Å².